The molecule has 1 saturated heterocycles. The number of ether oxygens (including phenoxy) is 1. The van der Waals surface area contributed by atoms with E-state index in [1.807, 2.05) is 44.2 Å². The van der Waals surface area contributed by atoms with Crippen LogP contribution in [0, 0.1) is 13.8 Å². The molecule has 4 rings (SSSR count). The maximum atomic E-state index is 13.1. The summed E-state index contributed by atoms with van der Waals surface area (Å²) in [4.78, 5) is 2.53. The minimum absolute atomic E-state index is 0.242. The fourth-order valence-electron chi connectivity index (χ4n) is 4.02. The SMILES string of the molecule is COc1ccc2ccc(O)c(CN3CCN(S(=O)(=O)c4ccc(C)c(C)c4)CC3)c2c1. The lowest BCUT2D eigenvalue weighted by Crippen LogP contribution is -2.48. The number of aromatic hydroxyl groups is 1. The predicted molar refractivity (Wildman–Crippen MR) is 122 cm³/mol. The number of piperazine rings is 1. The van der Waals surface area contributed by atoms with Gasteiger partial charge >= 0.3 is 0 Å². The molecule has 31 heavy (non-hydrogen) atoms. The molecular formula is C24H28N2O4S. The van der Waals surface area contributed by atoms with Gasteiger partial charge in [0.05, 0.1) is 12.0 Å². The molecule has 0 aromatic heterocycles. The highest BCUT2D eigenvalue weighted by molar-refractivity contribution is 7.89. The minimum atomic E-state index is -3.51. The number of aryl methyl sites for hydroxylation is 2. The minimum Gasteiger partial charge on any atom is -0.508 e. The van der Waals surface area contributed by atoms with Crippen LogP contribution in [-0.2, 0) is 16.6 Å². The Morgan fingerprint density at radius 3 is 2.32 bits per heavy atom. The molecule has 1 N–H and O–H groups in total. The van der Waals surface area contributed by atoms with Gasteiger partial charge in [-0.1, -0.05) is 18.2 Å². The van der Waals surface area contributed by atoms with Crippen molar-refractivity contribution in [3.05, 3.63) is 65.2 Å². The molecule has 0 unspecified atom stereocenters. The van der Waals surface area contributed by atoms with E-state index in [4.69, 9.17) is 4.74 Å². The van der Waals surface area contributed by atoms with Crippen LogP contribution < -0.4 is 4.74 Å². The average Bonchev–Trinajstić information content (AvgIpc) is 2.77. The van der Waals surface area contributed by atoms with Gasteiger partial charge in [0.1, 0.15) is 11.5 Å². The summed E-state index contributed by atoms with van der Waals surface area (Å²) in [5.41, 5.74) is 2.89. The van der Waals surface area contributed by atoms with E-state index in [9.17, 15) is 13.5 Å². The van der Waals surface area contributed by atoms with Crippen molar-refractivity contribution in [1.29, 1.82) is 0 Å². The normalized spacial score (nSPS) is 16.0. The second kappa shape index (κ2) is 8.49. The van der Waals surface area contributed by atoms with E-state index in [-0.39, 0.29) is 5.75 Å². The third-order valence-corrected chi connectivity index (χ3v) is 8.04. The van der Waals surface area contributed by atoms with Crippen LogP contribution in [0.5, 0.6) is 11.5 Å². The molecule has 0 radical (unpaired) electrons. The second-order valence-electron chi connectivity index (χ2n) is 8.08. The highest BCUT2D eigenvalue weighted by atomic mass is 32.2. The van der Waals surface area contributed by atoms with Crippen molar-refractivity contribution in [3.8, 4) is 11.5 Å². The molecule has 1 aliphatic heterocycles. The Balaban J connectivity index is 1.51. The highest BCUT2D eigenvalue weighted by Gasteiger charge is 2.29. The number of phenols is 1. The van der Waals surface area contributed by atoms with Crippen LogP contribution in [0.15, 0.2) is 53.4 Å². The van der Waals surface area contributed by atoms with Gasteiger partial charge in [0, 0.05) is 38.3 Å². The Labute approximate surface area is 183 Å². The van der Waals surface area contributed by atoms with E-state index in [1.54, 1.807) is 29.6 Å². The zero-order valence-electron chi connectivity index (χ0n) is 18.1. The molecule has 1 heterocycles. The number of hydrogen-bond donors (Lipinski definition) is 1. The number of phenolic OH excluding ortho intramolecular Hbond substituents is 1. The first-order valence-electron chi connectivity index (χ1n) is 10.4. The number of sulfonamides is 1. The summed E-state index contributed by atoms with van der Waals surface area (Å²) in [5.74, 6) is 0.981. The van der Waals surface area contributed by atoms with E-state index < -0.39 is 10.0 Å². The Kier molecular flexibility index (Phi) is 5.92. The predicted octanol–water partition coefficient (Wildman–Crippen LogP) is 3.68. The van der Waals surface area contributed by atoms with Crippen molar-refractivity contribution < 1.29 is 18.3 Å². The zero-order valence-corrected chi connectivity index (χ0v) is 18.9. The lowest BCUT2D eigenvalue weighted by atomic mass is 10.0. The van der Waals surface area contributed by atoms with Gasteiger partial charge in [-0.2, -0.15) is 4.31 Å². The maximum absolute atomic E-state index is 13.1. The number of benzene rings is 3. The topological polar surface area (TPSA) is 70.1 Å². The van der Waals surface area contributed by atoms with Crippen molar-refractivity contribution in [3.63, 3.8) is 0 Å². The standard InChI is InChI=1S/C24H28N2O4S/c1-17-4-8-21(14-18(17)2)31(28,29)26-12-10-25(11-13-26)16-23-22-15-20(30-3)7-5-19(22)6-9-24(23)27/h4-9,14-15,27H,10-13,16H2,1-3H3. The lowest BCUT2D eigenvalue weighted by molar-refractivity contribution is 0.180. The van der Waals surface area contributed by atoms with Gasteiger partial charge < -0.3 is 9.84 Å². The van der Waals surface area contributed by atoms with Gasteiger partial charge in [0.2, 0.25) is 10.0 Å². The van der Waals surface area contributed by atoms with Crippen molar-refractivity contribution >= 4 is 20.8 Å². The summed E-state index contributed by atoms with van der Waals surface area (Å²) < 4.78 is 33.0. The van der Waals surface area contributed by atoms with Gasteiger partial charge in [-0.15, -0.1) is 0 Å². The van der Waals surface area contributed by atoms with E-state index in [2.05, 4.69) is 4.90 Å². The molecule has 6 nitrogen and oxygen atoms in total. The Morgan fingerprint density at radius 2 is 1.65 bits per heavy atom. The Morgan fingerprint density at radius 1 is 0.935 bits per heavy atom. The van der Waals surface area contributed by atoms with Crippen LogP contribution >= 0.6 is 0 Å². The van der Waals surface area contributed by atoms with Crippen LogP contribution in [0.25, 0.3) is 10.8 Å². The van der Waals surface area contributed by atoms with Crippen LogP contribution in [0.1, 0.15) is 16.7 Å². The molecule has 1 fully saturated rings. The van der Waals surface area contributed by atoms with Gasteiger partial charge in [-0.25, -0.2) is 8.42 Å². The lowest BCUT2D eigenvalue weighted by Gasteiger charge is -2.34. The van der Waals surface area contributed by atoms with Gasteiger partial charge in [0.25, 0.3) is 0 Å². The zero-order chi connectivity index (χ0) is 22.2. The largest absolute Gasteiger partial charge is 0.508 e. The number of nitrogens with zero attached hydrogens (tertiary/aromatic N) is 2. The molecule has 0 bridgehead atoms. The smallest absolute Gasteiger partial charge is 0.243 e. The quantitative estimate of drug-likeness (QED) is 0.656. The molecule has 1 aliphatic rings. The molecule has 7 heteroatoms. The molecule has 0 amide bonds. The van der Waals surface area contributed by atoms with Crippen molar-refractivity contribution in [1.82, 2.24) is 9.21 Å². The number of rotatable bonds is 5. The first kappa shape index (κ1) is 21.6. The molecule has 3 aromatic carbocycles. The fraction of sp³-hybridized carbons (Fsp3) is 0.333. The van der Waals surface area contributed by atoms with Crippen LogP contribution in [0.3, 0.4) is 0 Å². The monoisotopic (exact) mass is 440 g/mol. The van der Waals surface area contributed by atoms with E-state index in [0.717, 1.165) is 33.2 Å². The molecule has 0 atom stereocenters. The van der Waals surface area contributed by atoms with E-state index in [0.29, 0.717) is 37.6 Å². The maximum Gasteiger partial charge on any atom is 0.243 e. The van der Waals surface area contributed by atoms with Crippen LogP contribution in [0.2, 0.25) is 0 Å². The highest BCUT2D eigenvalue weighted by Crippen LogP contribution is 2.31. The summed E-state index contributed by atoms with van der Waals surface area (Å²) in [6.45, 7) is 6.50. The summed E-state index contributed by atoms with van der Waals surface area (Å²) in [6.07, 6.45) is 0. The third kappa shape index (κ3) is 4.26. The number of fused-ring (bicyclic) bond motifs is 1. The van der Waals surface area contributed by atoms with Gasteiger partial charge in [0.15, 0.2) is 0 Å². The van der Waals surface area contributed by atoms with E-state index >= 15 is 0 Å². The van der Waals surface area contributed by atoms with Crippen molar-refractivity contribution in [2.24, 2.45) is 0 Å². The summed E-state index contributed by atoms with van der Waals surface area (Å²) in [7, 11) is -1.88. The third-order valence-electron chi connectivity index (χ3n) is 6.14. The average molecular weight is 441 g/mol. The van der Waals surface area contributed by atoms with Crippen LogP contribution in [-0.4, -0.2) is 56.0 Å². The molecule has 164 valence electrons. The van der Waals surface area contributed by atoms with Crippen molar-refractivity contribution in [2.75, 3.05) is 33.3 Å². The fourth-order valence-corrected chi connectivity index (χ4v) is 5.53. The molecule has 0 spiro atoms. The molecule has 3 aromatic rings. The van der Waals surface area contributed by atoms with Gasteiger partial charge in [-0.3, -0.25) is 4.90 Å². The molecular weight excluding hydrogens is 412 g/mol. The molecule has 0 aliphatic carbocycles. The summed E-state index contributed by atoms with van der Waals surface area (Å²) in [5, 5.41) is 12.5. The Bertz CT molecular complexity index is 1220. The first-order chi connectivity index (χ1) is 14.8. The Hall–Kier alpha value is -2.61. The van der Waals surface area contributed by atoms with Crippen LogP contribution in [0.4, 0.5) is 0 Å². The van der Waals surface area contributed by atoms with Gasteiger partial charge in [-0.05, 0) is 66.1 Å². The van der Waals surface area contributed by atoms with Crippen molar-refractivity contribution in [2.45, 2.75) is 25.3 Å². The summed E-state index contributed by atoms with van der Waals surface area (Å²) >= 11 is 0. The second-order valence-corrected chi connectivity index (χ2v) is 10.0. The number of hydrogen-bond acceptors (Lipinski definition) is 5. The number of methoxy groups -OCH3 is 1. The van der Waals surface area contributed by atoms with E-state index in [1.165, 1.54) is 0 Å². The first-order valence-corrected chi connectivity index (χ1v) is 11.8. The summed E-state index contributed by atoms with van der Waals surface area (Å²) in [6, 6.07) is 14.7. The molecule has 0 saturated carbocycles.